The molecule has 1 saturated carbocycles. The van der Waals surface area contributed by atoms with Gasteiger partial charge in [-0.1, -0.05) is 30.3 Å². The molecule has 1 aromatic rings. The predicted molar refractivity (Wildman–Crippen MR) is 58.9 cm³/mol. The van der Waals surface area contributed by atoms with Crippen LogP contribution >= 0.6 is 0 Å². The maximum Gasteiger partial charge on any atom is 0.309 e. The molecule has 3 atom stereocenters. The summed E-state index contributed by atoms with van der Waals surface area (Å²) < 4.78 is 4.75. The summed E-state index contributed by atoms with van der Waals surface area (Å²) in [7, 11) is 1.39. The standard InChI is InChI=1S/C13H14O3/c1-16-13(15)12-10(7-8-14)11(12)9-5-3-2-4-6-9/h2-6,8,10-12H,7H2,1H3/t10-,11+,12+/m1/s1. The lowest BCUT2D eigenvalue weighted by molar-refractivity contribution is -0.142. The molecule has 0 unspecified atom stereocenters. The van der Waals surface area contributed by atoms with Gasteiger partial charge in [0.05, 0.1) is 13.0 Å². The first-order chi connectivity index (χ1) is 7.79. The molecular formula is C13H14O3. The fraction of sp³-hybridized carbons (Fsp3) is 0.385. The van der Waals surface area contributed by atoms with Gasteiger partial charge in [-0.25, -0.2) is 0 Å². The average Bonchev–Trinajstić information content (AvgIpc) is 3.04. The minimum atomic E-state index is -0.208. The number of benzene rings is 1. The van der Waals surface area contributed by atoms with Crippen molar-refractivity contribution in [2.45, 2.75) is 12.3 Å². The van der Waals surface area contributed by atoms with Gasteiger partial charge < -0.3 is 9.53 Å². The molecule has 0 amide bonds. The molecule has 1 fully saturated rings. The molecule has 84 valence electrons. The molecule has 0 aromatic heterocycles. The summed E-state index contributed by atoms with van der Waals surface area (Å²) in [4.78, 5) is 22.0. The zero-order valence-corrected chi connectivity index (χ0v) is 9.13. The summed E-state index contributed by atoms with van der Waals surface area (Å²) in [6.07, 6.45) is 1.31. The lowest BCUT2D eigenvalue weighted by Crippen LogP contribution is -2.05. The molecule has 3 heteroatoms. The highest BCUT2D eigenvalue weighted by molar-refractivity contribution is 5.79. The van der Waals surface area contributed by atoms with Gasteiger partial charge >= 0.3 is 5.97 Å². The number of ether oxygens (including phenoxy) is 1. The quantitative estimate of drug-likeness (QED) is 0.571. The number of rotatable bonds is 4. The molecule has 0 N–H and O–H groups in total. The lowest BCUT2D eigenvalue weighted by atomic mass is 10.1. The average molecular weight is 218 g/mol. The monoisotopic (exact) mass is 218 g/mol. The fourth-order valence-electron chi connectivity index (χ4n) is 2.37. The van der Waals surface area contributed by atoms with Crippen molar-refractivity contribution in [3.8, 4) is 0 Å². The first-order valence-electron chi connectivity index (χ1n) is 5.36. The first-order valence-corrected chi connectivity index (χ1v) is 5.36. The molecule has 2 rings (SSSR count). The van der Waals surface area contributed by atoms with Crippen LogP contribution < -0.4 is 0 Å². The zero-order chi connectivity index (χ0) is 11.5. The van der Waals surface area contributed by atoms with Gasteiger partial charge in [-0.05, 0) is 11.5 Å². The maximum absolute atomic E-state index is 11.5. The Labute approximate surface area is 94.4 Å². The van der Waals surface area contributed by atoms with Crippen molar-refractivity contribution in [1.29, 1.82) is 0 Å². The highest BCUT2D eigenvalue weighted by atomic mass is 16.5. The van der Waals surface area contributed by atoms with E-state index in [1.54, 1.807) is 0 Å². The fourth-order valence-corrected chi connectivity index (χ4v) is 2.37. The van der Waals surface area contributed by atoms with E-state index in [1.807, 2.05) is 30.3 Å². The summed E-state index contributed by atoms with van der Waals surface area (Å²) in [5.41, 5.74) is 1.12. The van der Waals surface area contributed by atoms with Crippen molar-refractivity contribution in [1.82, 2.24) is 0 Å². The number of carbonyl (C=O) groups excluding carboxylic acids is 2. The Morgan fingerprint density at radius 2 is 2.06 bits per heavy atom. The van der Waals surface area contributed by atoms with Crippen LogP contribution in [0.25, 0.3) is 0 Å². The summed E-state index contributed by atoms with van der Waals surface area (Å²) in [6.45, 7) is 0. The van der Waals surface area contributed by atoms with E-state index in [2.05, 4.69) is 0 Å². The van der Waals surface area contributed by atoms with Crippen LogP contribution in [0.4, 0.5) is 0 Å². The highest BCUT2D eigenvalue weighted by Crippen LogP contribution is 2.55. The van der Waals surface area contributed by atoms with Crippen LogP contribution in [0, 0.1) is 11.8 Å². The number of esters is 1. The molecule has 0 radical (unpaired) electrons. The van der Waals surface area contributed by atoms with Gasteiger partial charge in [-0.15, -0.1) is 0 Å². The van der Waals surface area contributed by atoms with Crippen LogP contribution in [0.15, 0.2) is 30.3 Å². The van der Waals surface area contributed by atoms with Crippen molar-refractivity contribution in [2.24, 2.45) is 11.8 Å². The van der Waals surface area contributed by atoms with E-state index in [0.717, 1.165) is 11.8 Å². The predicted octanol–water partition coefficient (Wildman–Crippen LogP) is 1.78. The first kappa shape index (κ1) is 10.9. The van der Waals surface area contributed by atoms with Crippen LogP contribution in [0.5, 0.6) is 0 Å². The van der Waals surface area contributed by atoms with E-state index in [1.165, 1.54) is 7.11 Å². The number of methoxy groups -OCH3 is 1. The summed E-state index contributed by atoms with van der Waals surface area (Å²) >= 11 is 0. The van der Waals surface area contributed by atoms with E-state index >= 15 is 0 Å². The van der Waals surface area contributed by atoms with Crippen molar-refractivity contribution >= 4 is 12.3 Å². The third kappa shape index (κ3) is 1.85. The number of hydrogen-bond acceptors (Lipinski definition) is 3. The molecule has 1 aliphatic carbocycles. The molecule has 3 nitrogen and oxygen atoms in total. The lowest BCUT2D eigenvalue weighted by Gasteiger charge is -1.98. The smallest absolute Gasteiger partial charge is 0.309 e. The third-order valence-electron chi connectivity index (χ3n) is 3.19. The topological polar surface area (TPSA) is 43.4 Å². The van der Waals surface area contributed by atoms with Crippen molar-refractivity contribution in [3.05, 3.63) is 35.9 Å². The molecule has 0 bridgehead atoms. The molecular weight excluding hydrogens is 204 g/mol. The second kappa shape index (κ2) is 4.47. The molecule has 0 aliphatic heterocycles. The minimum absolute atomic E-state index is 0.118. The Hall–Kier alpha value is -1.64. The SMILES string of the molecule is COC(=O)[C@H]1[C@H](CC=O)[C@@H]1c1ccccc1. The highest BCUT2D eigenvalue weighted by Gasteiger charge is 2.55. The number of aldehydes is 1. The number of hydrogen-bond donors (Lipinski definition) is 0. The van der Waals surface area contributed by atoms with Crippen molar-refractivity contribution < 1.29 is 14.3 Å². The molecule has 0 saturated heterocycles. The Kier molecular flexibility index (Phi) is 3.04. The Morgan fingerprint density at radius 3 is 2.62 bits per heavy atom. The Bertz CT molecular complexity index is 385. The maximum atomic E-state index is 11.5. The Balaban J connectivity index is 2.16. The van der Waals surface area contributed by atoms with E-state index < -0.39 is 0 Å². The van der Waals surface area contributed by atoms with E-state index in [4.69, 9.17) is 4.74 Å². The molecule has 0 heterocycles. The summed E-state index contributed by atoms with van der Waals surface area (Å²) in [5.74, 6) is -0.0792. The summed E-state index contributed by atoms with van der Waals surface area (Å²) in [6, 6.07) is 9.81. The van der Waals surface area contributed by atoms with Gasteiger partial charge in [-0.2, -0.15) is 0 Å². The second-order valence-electron chi connectivity index (χ2n) is 4.05. The summed E-state index contributed by atoms with van der Waals surface area (Å²) in [5, 5.41) is 0. The largest absolute Gasteiger partial charge is 0.469 e. The van der Waals surface area contributed by atoms with Gasteiger partial charge in [0.25, 0.3) is 0 Å². The van der Waals surface area contributed by atoms with Gasteiger partial charge in [0, 0.05) is 12.3 Å². The zero-order valence-electron chi connectivity index (χ0n) is 9.13. The molecule has 0 spiro atoms. The van der Waals surface area contributed by atoms with Gasteiger partial charge in [-0.3, -0.25) is 4.79 Å². The van der Waals surface area contributed by atoms with E-state index in [0.29, 0.717) is 6.42 Å². The Morgan fingerprint density at radius 1 is 1.38 bits per heavy atom. The minimum Gasteiger partial charge on any atom is -0.469 e. The van der Waals surface area contributed by atoms with Crippen LogP contribution in [0.2, 0.25) is 0 Å². The van der Waals surface area contributed by atoms with E-state index in [-0.39, 0.29) is 23.7 Å². The van der Waals surface area contributed by atoms with Crippen LogP contribution in [-0.2, 0) is 14.3 Å². The van der Waals surface area contributed by atoms with Crippen LogP contribution in [-0.4, -0.2) is 19.4 Å². The normalized spacial score (nSPS) is 27.2. The van der Waals surface area contributed by atoms with Gasteiger partial charge in [0.2, 0.25) is 0 Å². The molecule has 1 aliphatic rings. The van der Waals surface area contributed by atoms with Crippen LogP contribution in [0.1, 0.15) is 17.9 Å². The second-order valence-corrected chi connectivity index (χ2v) is 4.05. The van der Waals surface area contributed by atoms with Crippen molar-refractivity contribution in [3.63, 3.8) is 0 Å². The molecule has 16 heavy (non-hydrogen) atoms. The van der Waals surface area contributed by atoms with Gasteiger partial charge in [0.1, 0.15) is 6.29 Å². The number of carbonyl (C=O) groups is 2. The van der Waals surface area contributed by atoms with E-state index in [9.17, 15) is 9.59 Å². The van der Waals surface area contributed by atoms with Crippen molar-refractivity contribution in [2.75, 3.05) is 7.11 Å². The molecule has 1 aromatic carbocycles. The third-order valence-corrected chi connectivity index (χ3v) is 3.19. The van der Waals surface area contributed by atoms with Gasteiger partial charge in [0.15, 0.2) is 0 Å². The van der Waals surface area contributed by atoms with Crippen LogP contribution in [0.3, 0.4) is 0 Å².